The molecule has 4 aromatic carbocycles. The monoisotopic (exact) mass is 494 g/mol. The molecule has 36 heavy (non-hydrogen) atoms. The highest BCUT2D eigenvalue weighted by atomic mass is 35.5. The molecule has 5 heteroatoms. The van der Waals surface area contributed by atoms with E-state index >= 15 is 0 Å². The highest BCUT2D eigenvalue weighted by molar-refractivity contribution is 6.30. The molecule has 0 amide bonds. The Morgan fingerprint density at radius 1 is 0.806 bits per heavy atom. The molecule has 4 nitrogen and oxygen atoms in total. The van der Waals surface area contributed by atoms with Crippen molar-refractivity contribution in [3.05, 3.63) is 135 Å². The van der Waals surface area contributed by atoms with E-state index in [-0.39, 0.29) is 11.5 Å². The maximum atomic E-state index is 13.7. The zero-order chi connectivity index (χ0) is 25.2. The van der Waals surface area contributed by atoms with E-state index in [2.05, 4.69) is 0 Å². The lowest BCUT2D eigenvalue weighted by molar-refractivity contribution is -0.135. The molecule has 0 bridgehead atoms. The summed E-state index contributed by atoms with van der Waals surface area (Å²) >= 11 is 6.09. The lowest BCUT2D eigenvalue weighted by atomic mass is 9.91. The molecule has 0 fully saturated rings. The summed E-state index contributed by atoms with van der Waals surface area (Å²) in [5.74, 6) is -1.26. The molecule has 0 saturated heterocycles. The summed E-state index contributed by atoms with van der Waals surface area (Å²) < 4.78 is 12.1. The summed E-state index contributed by atoms with van der Waals surface area (Å²) in [6.45, 7) is 3.88. The van der Waals surface area contributed by atoms with Crippen LogP contribution in [0, 0.1) is 13.8 Å². The van der Waals surface area contributed by atoms with Crippen LogP contribution in [-0.4, -0.2) is 5.97 Å². The van der Waals surface area contributed by atoms with E-state index < -0.39 is 17.3 Å². The number of halogens is 1. The average Bonchev–Trinajstić information content (AvgIpc) is 2.89. The Morgan fingerprint density at radius 3 is 1.94 bits per heavy atom. The first-order chi connectivity index (χ1) is 17.4. The summed E-state index contributed by atoms with van der Waals surface area (Å²) in [4.78, 5) is 27.5. The largest absolute Gasteiger partial charge is 0.452 e. The Labute approximate surface area is 213 Å². The van der Waals surface area contributed by atoms with E-state index in [4.69, 9.17) is 20.8 Å². The van der Waals surface area contributed by atoms with Crippen molar-refractivity contribution in [1.82, 2.24) is 0 Å². The molecular formula is C31H23ClO4. The van der Waals surface area contributed by atoms with E-state index in [1.54, 1.807) is 30.3 Å². The number of benzene rings is 4. The van der Waals surface area contributed by atoms with Crippen LogP contribution in [0.1, 0.15) is 28.2 Å². The van der Waals surface area contributed by atoms with Gasteiger partial charge in [0.1, 0.15) is 11.5 Å². The van der Waals surface area contributed by atoms with Crippen molar-refractivity contribution in [2.75, 3.05) is 0 Å². The highest BCUT2D eigenvalue weighted by Crippen LogP contribution is 2.34. The zero-order valence-corrected chi connectivity index (χ0v) is 20.6. The van der Waals surface area contributed by atoms with Crippen LogP contribution in [0.5, 0.6) is 5.75 Å². The molecule has 0 N–H and O–H groups in total. The summed E-state index contributed by atoms with van der Waals surface area (Å²) in [7, 11) is 0. The molecule has 178 valence electrons. The fraction of sp³-hybridized carbons (Fsp3) is 0.0968. The van der Waals surface area contributed by atoms with Crippen molar-refractivity contribution in [1.29, 1.82) is 0 Å². The number of fused-ring (bicyclic) bond motifs is 1. The van der Waals surface area contributed by atoms with E-state index in [1.165, 1.54) is 0 Å². The first-order valence-corrected chi connectivity index (χ1v) is 12.0. The van der Waals surface area contributed by atoms with Gasteiger partial charge in [-0.05, 0) is 72.5 Å². The number of hydrogen-bond donors (Lipinski definition) is 0. The van der Waals surface area contributed by atoms with Crippen LogP contribution in [-0.2, 0) is 4.79 Å². The van der Waals surface area contributed by atoms with Gasteiger partial charge in [0.15, 0.2) is 5.76 Å². The second kappa shape index (κ2) is 9.84. The summed E-state index contributed by atoms with van der Waals surface area (Å²) in [6.07, 6.45) is 0. The van der Waals surface area contributed by atoms with Gasteiger partial charge in [-0.25, -0.2) is 0 Å². The van der Waals surface area contributed by atoms with E-state index in [0.717, 1.165) is 22.3 Å². The molecule has 0 aliphatic carbocycles. The Hall–Kier alpha value is -4.15. The molecule has 0 aliphatic heterocycles. The topological polar surface area (TPSA) is 56.5 Å². The number of esters is 1. The Kier molecular flexibility index (Phi) is 6.45. The third-order valence-electron chi connectivity index (χ3n) is 6.28. The van der Waals surface area contributed by atoms with Crippen molar-refractivity contribution >= 4 is 28.5 Å². The van der Waals surface area contributed by atoms with Crippen LogP contribution >= 0.6 is 11.6 Å². The van der Waals surface area contributed by atoms with Crippen molar-refractivity contribution in [2.24, 2.45) is 0 Å². The number of aryl methyl sites for hydroxylation is 2. The predicted molar refractivity (Wildman–Crippen MR) is 143 cm³/mol. The van der Waals surface area contributed by atoms with Gasteiger partial charge in [0.2, 0.25) is 11.2 Å². The Morgan fingerprint density at radius 2 is 1.36 bits per heavy atom. The van der Waals surface area contributed by atoms with Gasteiger partial charge in [0.25, 0.3) is 0 Å². The van der Waals surface area contributed by atoms with Gasteiger partial charge in [-0.1, -0.05) is 72.3 Å². The molecule has 0 unspecified atom stereocenters. The van der Waals surface area contributed by atoms with Gasteiger partial charge in [-0.2, -0.15) is 0 Å². The van der Waals surface area contributed by atoms with Gasteiger partial charge in [0.05, 0.1) is 5.39 Å². The molecule has 0 aliphatic rings. The number of carbonyl (C=O) groups is 1. The quantitative estimate of drug-likeness (QED) is 0.238. The minimum absolute atomic E-state index is 0.144. The summed E-state index contributed by atoms with van der Waals surface area (Å²) in [5.41, 5.74) is 4.06. The summed E-state index contributed by atoms with van der Waals surface area (Å²) in [5, 5.41) is 0.898. The Balaban J connectivity index is 1.68. The molecule has 5 aromatic rings. The van der Waals surface area contributed by atoms with Gasteiger partial charge in [-0.3, -0.25) is 9.59 Å². The van der Waals surface area contributed by atoms with Crippen LogP contribution in [0.4, 0.5) is 0 Å². The van der Waals surface area contributed by atoms with Crippen LogP contribution in [0.3, 0.4) is 0 Å². The predicted octanol–water partition coefficient (Wildman–Crippen LogP) is 7.47. The maximum Gasteiger partial charge on any atom is 0.323 e. The zero-order valence-electron chi connectivity index (χ0n) is 19.8. The average molecular weight is 495 g/mol. The molecule has 0 atom stereocenters. The van der Waals surface area contributed by atoms with Crippen molar-refractivity contribution in [3.63, 3.8) is 0 Å². The molecular weight excluding hydrogens is 472 g/mol. The van der Waals surface area contributed by atoms with Crippen molar-refractivity contribution in [3.8, 4) is 17.1 Å². The normalized spacial score (nSPS) is 11.1. The van der Waals surface area contributed by atoms with Crippen LogP contribution < -0.4 is 10.2 Å². The highest BCUT2D eigenvalue weighted by Gasteiger charge is 2.28. The van der Waals surface area contributed by atoms with Crippen LogP contribution in [0.15, 0.2) is 106 Å². The minimum atomic E-state index is -0.722. The first-order valence-electron chi connectivity index (χ1n) is 11.6. The van der Waals surface area contributed by atoms with Gasteiger partial charge >= 0.3 is 5.97 Å². The molecule has 1 heterocycles. The molecule has 0 spiro atoms. The fourth-order valence-electron chi connectivity index (χ4n) is 4.23. The number of ether oxygens (including phenoxy) is 1. The van der Waals surface area contributed by atoms with Crippen molar-refractivity contribution < 1.29 is 13.9 Å². The second-order valence-corrected chi connectivity index (χ2v) is 9.14. The van der Waals surface area contributed by atoms with Gasteiger partial charge in [0, 0.05) is 10.6 Å². The third-order valence-corrected chi connectivity index (χ3v) is 6.53. The van der Waals surface area contributed by atoms with Crippen molar-refractivity contribution in [2.45, 2.75) is 19.8 Å². The SMILES string of the molecule is Cc1cc2oc(-c3ccc(Cl)cc3)c(OC(=O)C(c3ccccc3)c3ccccc3)c(=O)c2cc1C. The molecule has 5 rings (SSSR count). The smallest absolute Gasteiger partial charge is 0.323 e. The third kappa shape index (κ3) is 4.56. The minimum Gasteiger partial charge on any atom is -0.452 e. The van der Waals surface area contributed by atoms with Gasteiger partial charge < -0.3 is 9.15 Å². The summed E-state index contributed by atoms with van der Waals surface area (Å²) in [6, 6.07) is 29.2. The first kappa shape index (κ1) is 23.6. The van der Waals surface area contributed by atoms with E-state index in [1.807, 2.05) is 80.6 Å². The van der Waals surface area contributed by atoms with E-state index in [0.29, 0.717) is 21.6 Å². The maximum absolute atomic E-state index is 13.7. The lowest BCUT2D eigenvalue weighted by Crippen LogP contribution is -2.23. The number of hydrogen-bond acceptors (Lipinski definition) is 4. The van der Waals surface area contributed by atoms with Crippen LogP contribution in [0.25, 0.3) is 22.3 Å². The fourth-order valence-corrected chi connectivity index (χ4v) is 4.36. The lowest BCUT2D eigenvalue weighted by Gasteiger charge is -2.18. The van der Waals surface area contributed by atoms with E-state index in [9.17, 15) is 9.59 Å². The molecule has 0 radical (unpaired) electrons. The molecule has 0 saturated carbocycles. The number of rotatable bonds is 5. The standard InChI is InChI=1S/C31H23ClO4/c1-19-17-25-26(18-20(19)2)35-29(23-13-15-24(32)16-14-23)30(28(25)33)36-31(34)27(21-9-5-3-6-10-21)22-11-7-4-8-12-22/h3-18,27H,1-2H3. The second-order valence-electron chi connectivity index (χ2n) is 8.70. The number of carbonyl (C=O) groups excluding carboxylic acids is 1. The molecule has 1 aromatic heterocycles. The van der Waals surface area contributed by atoms with Gasteiger partial charge in [-0.15, -0.1) is 0 Å². The Bertz CT molecular complexity index is 1570. The van der Waals surface area contributed by atoms with Crippen LogP contribution in [0.2, 0.25) is 5.02 Å².